The number of aliphatic hydroxyl groups is 1. The van der Waals surface area contributed by atoms with E-state index in [1.807, 2.05) is 12.1 Å². The molecule has 0 aliphatic heterocycles. The summed E-state index contributed by atoms with van der Waals surface area (Å²) in [5, 5.41) is 9.78. The highest BCUT2D eigenvalue weighted by Gasteiger charge is 2.42. The van der Waals surface area contributed by atoms with Gasteiger partial charge < -0.3 is 5.11 Å². The van der Waals surface area contributed by atoms with E-state index in [2.05, 4.69) is 4.98 Å². The predicted octanol–water partition coefficient (Wildman–Crippen LogP) is 2.05. The number of hydrogen-bond donors (Lipinski definition) is 1. The largest absolute Gasteiger partial charge is 0.396 e. The van der Waals surface area contributed by atoms with Crippen molar-refractivity contribution in [3.8, 4) is 0 Å². The standard InChI is InChI=1S/C10H12ClNO/c11-8-1-2-9(12-6-8)5-10(7-13)3-4-10/h1-2,6,13H,3-5,7H2. The number of rotatable bonds is 3. The molecule has 1 aliphatic rings. The highest BCUT2D eigenvalue weighted by Crippen LogP contribution is 2.47. The topological polar surface area (TPSA) is 33.1 Å². The molecule has 1 fully saturated rings. The van der Waals surface area contributed by atoms with Crippen LogP contribution >= 0.6 is 11.6 Å². The average molecular weight is 198 g/mol. The molecule has 1 saturated carbocycles. The Morgan fingerprint density at radius 2 is 2.23 bits per heavy atom. The summed E-state index contributed by atoms with van der Waals surface area (Å²) < 4.78 is 0. The summed E-state index contributed by atoms with van der Waals surface area (Å²) in [4.78, 5) is 4.21. The van der Waals surface area contributed by atoms with E-state index < -0.39 is 0 Å². The van der Waals surface area contributed by atoms with Gasteiger partial charge in [0.2, 0.25) is 0 Å². The molecule has 0 saturated heterocycles. The zero-order valence-corrected chi connectivity index (χ0v) is 8.09. The molecule has 1 N–H and O–H groups in total. The van der Waals surface area contributed by atoms with Gasteiger partial charge in [-0.3, -0.25) is 4.98 Å². The zero-order chi connectivity index (χ0) is 9.31. The zero-order valence-electron chi connectivity index (χ0n) is 7.33. The lowest BCUT2D eigenvalue weighted by atomic mass is 10.0. The maximum absolute atomic E-state index is 9.12. The van der Waals surface area contributed by atoms with E-state index >= 15 is 0 Å². The lowest BCUT2D eigenvalue weighted by Gasteiger charge is -2.09. The molecule has 0 bridgehead atoms. The van der Waals surface area contributed by atoms with Gasteiger partial charge in [0, 0.05) is 18.5 Å². The minimum absolute atomic E-state index is 0.140. The van der Waals surface area contributed by atoms with Crippen LogP contribution in [0.4, 0.5) is 0 Å². The number of aliphatic hydroxyl groups excluding tert-OH is 1. The molecular formula is C10H12ClNO. The van der Waals surface area contributed by atoms with Crippen LogP contribution < -0.4 is 0 Å². The molecule has 0 spiro atoms. The fourth-order valence-electron chi connectivity index (χ4n) is 1.46. The molecule has 2 rings (SSSR count). The number of hydrogen-bond acceptors (Lipinski definition) is 2. The van der Waals surface area contributed by atoms with Crippen molar-refractivity contribution < 1.29 is 5.11 Å². The number of halogens is 1. The number of nitrogens with zero attached hydrogens (tertiary/aromatic N) is 1. The third-order valence-corrected chi connectivity index (χ3v) is 2.86. The van der Waals surface area contributed by atoms with E-state index in [0.717, 1.165) is 25.0 Å². The summed E-state index contributed by atoms with van der Waals surface area (Å²) in [7, 11) is 0. The predicted molar refractivity (Wildman–Crippen MR) is 51.7 cm³/mol. The summed E-state index contributed by atoms with van der Waals surface area (Å²) in [6.07, 6.45) is 4.77. The van der Waals surface area contributed by atoms with E-state index in [9.17, 15) is 0 Å². The molecule has 0 radical (unpaired) electrons. The van der Waals surface area contributed by atoms with Crippen molar-refractivity contribution in [1.82, 2.24) is 4.98 Å². The first-order valence-electron chi connectivity index (χ1n) is 4.45. The summed E-state index contributed by atoms with van der Waals surface area (Å²) >= 11 is 5.72. The molecule has 1 aromatic heterocycles. The molecule has 3 heteroatoms. The SMILES string of the molecule is OCC1(Cc2ccc(Cl)cn2)CC1. The Labute approximate surface area is 82.6 Å². The second-order valence-corrected chi connectivity index (χ2v) is 4.24. The third kappa shape index (κ3) is 2.01. The van der Waals surface area contributed by atoms with E-state index in [-0.39, 0.29) is 12.0 Å². The van der Waals surface area contributed by atoms with E-state index in [0.29, 0.717) is 5.02 Å². The number of aromatic nitrogens is 1. The highest BCUT2D eigenvalue weighted by atomic mass is 35.5. The van der Waals surface area contributed by atoms with Crippen LogP contribution in [-0.4, -0.2) is 16.7 Å². The summed E-state index contributed by atoms with van der Waals surface area (Å²) in [5.74, 6) is 0. The van der Waals surface area contributed by atoms with Crippen molar-refractivity contribution >= 4 is 11.6 Å². The Balaban J connectivity index is 2.06. The molecule has 1 heterocycles. The van der Waals surface area contributed by atoms with Crippen molar-refractivity contribution in [2.24, 2.45) is 5.41 Å². The summed E-state index contributed by atoms with van der Waals surface area (Å²) in [5.41, 5.74) is 1.16. The van der Waals surface area contributed by atoms with Crippen molar-refractivity contribution in [3.05, 3.63) is 29.0 Å². The molecule has 0 amide bonds. The normalized spacial score (nSPS) is 18.6. The first-order valence-corrected chi connectivity index (χ1v) is 4.83. The Morgan fingerprint density at radius 1 is 1.46 bits per heavy atom. The fraction of sp³-hybridized carbons (Fsp3) is 0.500. The van der Waals surface area contributed by atoms with Crippen LogP contribution in [0.1, 0.15) is 18.5 Å². The van der Waals surface area contributed by atoms with Crippen molar-refractivity contribution in [1.29, 1.82) is 0 Å². The van der Waals surface area contributed by atoms with Gasteiger partial charge in [0.05, 0.1) is 5.02 Å². The van der Waals surface area contributed by atoms with Crippen LogP contribution in [0.5, 0.6) is 0 Å². The van der Waals surface area contributed by atoms with Crippen LogP contribution in [0.15, 0.2) is 18.3 Å². The van der Waals surface area contributed by atoms with Crippen LogP contribution in [0.25, 0.3) is 0 Å². The van der Waals surface area contributed by atoms with Gasteiger partial charge in [-0.1, -0.05) is 11.6 Å². The first kappa shape index (κ1) is 8.97. The van der Waals surface area contributed by atoms with E-state index in [4.69, 9.17) is 16.7 Å². The van der Waals surface area contributed by atoms with Gasteiger partial charge in [-0.05, 0) is 36.8 Å². The molecular weight excluding hydrogens is 186 g/mol. The lowest BCUT2D eigenvalue weighted by Crippen LogP contribution is -2.10. The second kappa shape index (κ2) is 3.28. The molecule has 0 atom stereocenters. The Kier molecular flexibility index (Phi) is 2.26. The molecule has 1 aromatic rings. The van der Waals surface area contributed by atoms with Crippen molar-refractivity contribution in [3.63, 3.8) is 0 Å². The quantitative estimate of drug-likeness (QED) is 0.805. The molecule has 2 nitrogen and oxygen atoms in total. The van der Waals surface area contributed by atoms with E-state index in [1.54, 1.807) is 6.20 Å². The van der Waals surface area contributed by atoms with Crippen LogP contribution in [0.2, 0.25) is 5.02 Å². The Morgan fingerprint density at radius 3 is 2.69 bits per heavy atom. The monoisotopic (exact) mass is 197 g/mol. The first-order chi connectivity index (χ1) is 6.24. The maximum atomic E-state index is 9.12. The van der Waals surface area contributed by atoms with E-state index in [1.165, 1.54) is 0 Å². The minimum Gasteiger partial charge on any atom is -0.396 e. The van der Waals surface area contributed by atoms with Crippen LogP contribution in [0.3, 0.4) is 0 Å². The van der Waals surface area contributed by atoms with Gasteiger partial charge in [-0.2, -0.15) is 0 Å². The van der Waals surface area contributed by atoms with Crippen molar-refractivity contribution in [2.45, 2.75) is 19.3 Å². The van der Waals surface area contributed by atoms with Gasteiger partial charge in [-0.15, -0.1) is 0 Å². The number of pyridine rings is 1. The third-order valence-electron chi connectivity index (χ3n) is 2.64. The lowest BCUT2D eigenvalue weighted by molar-refractivity contribution is 0.210. The van der Waals surface area contributed by atoms with Gasteiger partial charge in [0.15, 0.2) is 0 Å². The average Bonchev–Trinajstić information content (AvgIpc) is 2.90. The van der Waals surface area contributed by atoms with Crippen LogP contribution in [-0.2, 0) is 6.42 Å². The second-order valence-electron chi connectivity index (χ2n) is 3.80. The van der Waals surface area contributed by atoms with Gasteiger partial charge in [0.1, 0.15) is 0 Å². The molecule has 0 unspecified atom stereocenters. The molecule has 70 valence electrons. The molecule has 13 heavy (non-hydrogen) atoms. The smallest absolute Gasteiger partial charge is 0.0589 e. The fourth-order valence-corrected chi connectivity index (χ4v) is 1.57. The van der Waals surface area contributed by atoms with Gasteiger partial charge >= 0.3 is 0 Å². The Hall–Kier alpha value is -0.600. The molecule has 0 aromatic carbocycles. The van der Waals surface area contributed by atoms with Crippen molar-refractivity contribution in [2.75, 3.05) is 6.61 Å². The Bertz CT molecular complexity index is 292. The minimum atomic E-state index is 0.140. The van der Waals surface area contributed by atoms with Crippen LogP contribution in [0, 0.1) is 5.41 Å². The van der Waals surface area contributed by atoms with Gasteiger partial charge in [0.25, 0.3) is 0 Å². The molecule has 1 aliphatic carbocycles. The highest BCUT2D eigenvalue weighted by molar-refractivity contribution is 6.30. The summed E-state index contributed by atoms with van der Waals surface area (Å²) in [6.45, 7) is 0.275. The summed E-state index contributed by atoms with van der Waals surface area (Å²) in [6, 6.07) is 3.77. The van der Waals surface area contributed by atoms with Gasteiger partial charge in [-0.25, -0.2) is 0 Å². The maximum Gasteiger partial charge on any atom is 0.0589 e.